The minimum Gasteiger partial charge on any atom is -0.497 e. The van der Waals surface area contributed by atoms with Gasteiger partial charge in [-0.3, -0.25) is 4.99 Å². The molecule has 3 rings (SSSR count). The summed E-state index contributed by atoms with van der Waals surface area (Å²) in [5, 5.41) is 6.12. The van der Waals surface area contributed by atoms with E-state index in [0.29, 0.717) is 36.7 Å². The van der Waals surface area contributed by atoms with E-state index in [0.717, 1.165) is 122 Å². The number of aliphatic imine (C=N–C) groups is 1. The molecule has 0 aromatic carbocycles. The van der Waals surface area contributed by atoms with Crippen LogP contribution in [0.25, 0.3) is 0 Å². The molecule has 0 bridgehead atoms. The predicted octanol–water partition coefficient (Wildman–Crippen LogP) is 17.0. The molecule has 6 N–H and O–H groups in total. The van der Waals surface area contributed by atoms with Gasteiger partial charge in [-0.1, -0.05) is 167 Å². The number of likely N-dealkylation sites (N-methyl/N-ethyl adjacent to an activating group) is 1. The van der Waals surface area contributed by atoms with Crippen molar-refractivity contribution in [2.24, 2.45) is 4.99 Å². The van der Waals surface area contributed by atoms with Crippen LogP contribution in [0.5, 0.6) is 0 Å². The number of unbranched alkanes of at least 4 members (excludes halogenated alkanes) is 21. The second-order valence-corrected chi connectivity index (χ2v) is 21.4. The highest BCUT2D eigenvalue weighted by molar-refractivity contribution is 5.89. The van der Waals surface area contributed by atoms with Crippen LogP contribution in [0.2, 0.25) is 0 Å². The van der Waals surface area contributed by atoms with Gasteiger partial charge in [-0.2, -0.15) is 4.98 Å². The molecule has 1 aliphatic heterocycles. The van der Waals surface area contributed by atoms with Gasteiger partial charge >= 0.3 is 6.09 Å². The van der Waals surface area contributed by atoms with E-state index in [-0.39, 0.29) is 18.1 Å². The number of piperazine rings is 1. The summed E-state index contributed by atoms with van der Waals surface area (Å²) < 4.78 is 11.5. The van der Waals surface area contributed by atoms with E-state index in [1.165, 1.54) is 140 Å². The highest BCUT2D eigenvalue weighted by atomic mass is 16.6. The molecule has 1 aromatic heterocycles. The molecule has 2 aliphatic rings. The normalized spacial score (nSPS) is 14.1. The number of methoxy groups -OCH3 is 1. The number of aromatic nitrogens is 2. The van der Waals surface area contributed by atoms with Crippen molar-refractivity contribution in [3.8, 4) is 0 Å². The molecule has 0 radical (unpaired) electrons. The number of carbonyl (C=O) groups is 2. The van der Waals surface area contributed by atoms with Crippen LogP contribution >= 0.6 is 0 Å². The van der Waals surface area contributed by atoms with Crippen molar-refractivity contribution < 1.29 is 19.1 Å². The third kappa shape index (κ3) is 39.5. The summed E-state index contributed by atoms with van der Waals surface area (Å²) in [6.45, 7) is 16.9. The first-order chi connectivity index (χ1) is 39.3. The molecule has 456 valence electrons. The predicted molar refractivity (Wildman–Crippen MR) is 345 cm³/mol. The van der Waals surface area contributed by atoms with E-state index in [2.05, 4.69) is 118 Å². The Hall–Kier alpha value is -4.91. The zero-order valence-electron chi connectivity index (χ0n) is 52.2. The Morgan fingerprint density at radius 2 is 1.16 bits per heavy atom. The Balaban J connectivity index is 0.000000832. The number of alkyl carbamates (subject to hydrolysis) is 1. The highest BCUT2D eigenvalue weighted by Crippen LogP contribution is 2.28. The lowest BCUT2D eigenvalue weighted by Gasteiger charge is -2.37. The van der Waals surface area contributed by atoms with Gasteiger partial charge < -0.3 is 46.2 Å². The fraction of sp³-hybridized carbons (Fsp3) is 0.716. The van der Waals surface area contributed by atoms with Gasteiger partial charge in [-0.15, -0.1) is 0 Å². The van der Waals surface area contributed by atoms with Crippen LogP contribution in [0.3, 0.4) is 0 Å². The van der Waals surface area contributed by atoms with Gasteiger partial charge in [-0.25, -0.2) is 9.78 Å². The second kappa shape index (κ2) is 53.4. The van der Waals surface area contributed by atoms with Gasteiger partial charge in [0.25, 0.3) is 0 Å². The van der Waals surface area contributed by atoms with E-state index < -0.39 is 0 Å². The van der Waals surface area contributed by atoms with E-state index in [1.807, 2.05) is 13.8 Å². The topological polar surface area (TPSA) is 173 Å². The van der Waals surface area contributed by atoms with Crippen molar-refractivity contribution in [2.75, 3.05) is 76.8 Å². The average Bonchev–Trinajstić information content (AvgIpc) is 3.46. The van der Waals surface area contributed by atoms with Crippen molar-refractivity contribution in [2.45, 2.75) is 253 Å². The van der Waals surface area contributed by atoms with Crippen LogP contribution in [0.15, 0.2) is 76.7 Å². The number of anilines is 3. The minimum atomic E-state index is -0.291. The van der Waals surface area contributed by atoms with Crippen molar-refractivity contribution in [1.82, 2.24) is 25.1 Å². The zero-order valence-corrected chi connectivity index (χ0v) is 52.2. The molecule has 1 aliphatic carbocycles. The lowest BCUT2D eigenvalue weighted by Crippen LogP contribution is -2.44. The first-order valence-corrected chi connectivity index (χ1v) is 32.3. The lowest BCUT2D eigenvalue weighted by molar-refractivity contribution is -0.107. The Bertz CT molecular complexity index is 1840. The van der Waals surface area contributed by atoms with Crippen LogP contribution in [0, 0.1) is 0 Å². The zero-order chi connectivity index (χ0) is 58.4. The fourth-order valence-corrected chi connectivity index (χ4v) is 9.51. The molecular weight excluding hydrogens is 995 g/mol. The van der Waals surface area contributed by atoms with Crippen LogP contribution in [0.1, 0.15) is 252 Å². The van der Waals surface area contributed by atoms with Crippen LogP contribution in [-0.4, -0.2) is 104 Å². The van der Waals surface area contributed by atoms with Crippen LogP contribution in [-0.2, 0) is 14.3 Å². The molecule has 1 aromatic rings. The summed E-state index contributed by atoms with van der Waals surface area (Å²) in [7, 11) is 3.89. The van der Waals surface area contributed by atoms with E-state index in [9.17, 15) is 9.59 Å². The maximum atomic E-state index is 12.4. The Morgan fingerprint density at radius 3 is 1.69 bits per heavy atom. The molecule has 13 heteroatoms. The smallest absolute Gasteiger partial charge is 0.407 e. The first kappa shape index (κ1) is 73.1. The number of rotatable bonds is 45. The van der Waals surface area contributed by atoms with Gasteiger partial charge in [-0.05, 0) is 141 Å². The molecule has 1 saturated heterocycles. The minimum absolute atomic E-state index is 0.0154. The van der Waals surface area contributed by atoms with E-state index in [1.54, 1.807) is 13.3 Å². The summed E-state index contributed by atoms with van der Waals surface area (Å²) in [5.41, 5.74) is 15.6. The monoisotopic (exact) mass is 1110 g/mol. The molecule has 0 spiro atoms. The molecular formula is C67H119N9O4. The second-order valence-electron chi connectivity index (χ2n) is 21.4. The fourth-order valence-electron chi connectivity index (χ4n) is 9.51. The molecule has 1 amide bonds. The van der Waals surface area contributed by atoms with E-state index in [4.69, 9.17) is 20.9 Å². The summed E-state index contributed by atoms with van der Waals surface area (Å²) >= 11 is 0. The van der Waals surface area contributed by atoms with Gasteiger partial charge in [0, 0.05) is 57.6 Å². The van der Waals surface area contributed by atoms with Crippen molar-refractivity contribution in [1.29, 1.82) is 0 Å². The molecule has 0 atom stereocenters. The summed E-state index contributed by atoms with van der Waals surface area (Å²) in [6.07, 6.45) is 61.2. The number of amides is 1. The lowest BCUT2D eigenvalue weighted by atomic mass is 9.99. The third-order valence-corrected chi connectivity index (χ3v) is 14.5. The number of hydrogen-bond donors (Lipinski definition) is 4. The summed E-state index contributed by atoms with van der Waals surface area (Å²) in [6, 6.07) is 0. The van der Waals surface area contributed by atoms with Gasteiger partial charge in [0.1, 0.15) is 29.5 Å². The number of carbonyl (C=O) groups excluding carboxylic acids is 2. The van der Waals surface area contributed by atoms with Crippen molar-refractivity contribution in [3.05, 3.63) is 77.4 Å². The van der Waals surface area contributed by atoms with Gasteiger partial charge in [0.2, 0.25) is 5.95 Å². The van der Waals surface area contributed by atoms with Gasteiger partial charge in [0.05, 0.1) is 13.7 Å². The number of hydrogen-bond acceptors (Lipinski definition) is 12. The van der Waals surface area contributed by atoms with Gasteiger partial charge in [0.15, 0.2) is 5.82 Å². The number of allylic oxidation sites excluding steroid dienone is 10. The van der Waals surface area contributed by atoms with E-state index >= 15 is 0 Å². The number of nitrogens with two attached hydrogens (primary N) is 2. The number of nitrogens with zero attached hydrogens (tertiary/aromatic N) is 5. The third-order valence-electron chi connectivity index (χ3n) is 14.5. The van der Waals surface area contributed by atoms with Crippen molar-refractivity contribution >= 4 is 36.0 Å². The summed E-state index contributed by atoms with van der Waals surface area (Å²) in [4.78, 5) is 40.8. The summed E-state index contributed by atoms with van der Waals surface area (Å²) in [5.74, 6) is 1.66. The highest BCUT2D eigenvalue weighted by Gasteiger charge is 2.21. The quantitative estimate of drug-likeness (QED) is 0.0212. The SMILES string of the molecule is CC.CCCCC/C=C\C/C=C\CCCCCCCCC(CCCCCCCC/C=C\C/C=C\CCCCC)OC(=O)NCCCCC=O.CCCCNc1nc(N)nc(C=NCC2=C(OC)C=C(N3CCN(C)CC3)CC2)c1N. The molecule has 13 nitrogen and oxygen atoms in total. The van der Waals surface area contributed by atoms with Crippen LogP contribution < -0.4 is 22.1 Å². The number of nitrogen functional groups attached to an aromatic ring is 2. The molecule has 1 fully saturated rings. The number of aldehydes is 1. The Morgan fingerprint density at radius 1 is 0.650 bits per heavy atom. The largest absolute Gasteiger partial charge is 0.497 e. The Labute approximate surface area is 489 Å². The molecule has 80 heavy (non-hydrogen) atoms. The Kier molecular flexibility index (Phi) is 48.8. The number of ether oxygens (including phenoxy) is 2. The van der Waals surface area contributed by atoms with Crippen LogP contribution in [0.4, 0.5) is 22.2 Å². The first-order valence-electron chi connectivity index (χ1n) is 32.3. The molecule has 0 saturated carbocycles. The molecule has 0 unspecified atom stereocenters. The average molecular weight is 1110 g/mol. The van der Waals surface area contributed by atoms with Crippen molar-refractivity contribution in [3.63, 3.8) is 0 Å². The number of nitrogens with one attached hydrogen (secondary N) is 2. The maximum Gasteiger partial charge on any atom is 0.407 e. The standard InChI is InChI=1S/C43H77NO3.C22H36N8O.C2H6/c1-3-5-7-9-11-13-15-17-19-21-23-25-27-29-31-34-38-42(47-43(46)44-40-36-33-37-41-45)39-35-32-30-28-26-24-22-20-18-16-14-12-10-8-6-4-2;1-4-5-8-26-21-20(23)18(27-22(24)28-21)15-25-14-16-6-7-17(13-19(16)31-3)30-11-9-29(2)10-12-30;1-2/h11-14,17-20,41-42H,3-10,15-16,21-40H2,1-2H3,(H,44,46);13,15H,4-12,14,23H2,1-3H3,(H3,24,26,27,28);1-2H3/b13-11-,14-12-,19-17-,20-18-;;. The molecule has 2 heterocycles. The maximum absolute atomic E-state index is 12.4.